The van der Waals surface area contributed by atoms with Gasteiger partial charge in [-0.25, -0.2) is 0 Å². The smallest absolute Gasteiger partial charge is 0.261 e. The van der Waals surface area contributed by atoms with Gasteiger partial charge in [0.25, 0.3) is 5.91 Å². The number of rotatable bonds is 2. The van der Waals surface area contributed by atoms with Crippen LogP contribution in [0.3, 0.4) is 0 Å². The molecule has 3 fully saturated rings. The minimum atomic E-state index is 0.0639. The van der Waals surface area contributed by atoms with Crippen molar-refractivity contribution in [3.63, 3.8) is 0 Å². The summed E-state index contributed by atoms with van der Waals surface area (Å²) >= 11 is 5.70. The van der Waals surface area contributed by atoms with E-state index in [-0.39, 0.29) is 5.91 Å². The van der Waals surface area contributed by atoms with Crippen LogP contribution in [0.5, 0.6) is 0 Å². The fourth-order valence-electron chi connectivity index (χ4n) is 2.81. The van der Waals surface area contributed by atoms with E-state index in [9.17, 15) is 4.79 Å². The number of nitrogens with one attached hydrogen (secondary N) is 1. The van der Waals surface area contributed by atoms with Crippen molar-refractivity contribution >= 4 is 29.9 Å². The normalized spacial score (nSPS) is 31.5. The molecule has 3 aliphatic rings. The molecule has 1 N–H and O–H groups in total. The third kappa shape index (κ3) is 2.37. The molecule has 4 heterocycles. The maximum atomic E-state index is 12.0. The van der Waals surface area contributed by atoms with Crippen molar-refractivity contribution in [2.24, 2.45) is 5.92 Å². The molecule has 0 saturated carbocycles. The lowest BCUT2D eigenvalue weighted by Crippen LogP contribution is -2.57. The van der Waals surface area contributed by atoms with E-state index in [4.69, 9.17) is 0 Å². The van der Waals surface area contributed by atoms with Gasteiger partial charge in [-0.05, 0) is 37.9 Å². The number of hydrogen-bond donors (Lipinski definition) is 2. The molecule has 4 rings (SSSR count). The third-order valence-corrected chi connectivity index (χ3v) is 5.14. The number of piperidine rings is 3. The highest BCUT2D eigenvalue weighted by Crippen LogP contribution is 2.28. The maximum absolute atomic E-state index is 12.0. The Kier molecular flexibility index (Phi) is 3.15. The number of hydrogen-bond acceptors (Lipinski definition) is 4. The first-order valence-electron chi connectivity index (χ1n) is 6.03. The van der Waals surface area contributed by atoms with Gasteiger partial charge in [0.2, 0.25) is 0 Å². The van der Waals surface area contributed by atoms with Gasteiger partial charge in [-0.2, -0.15) is 0 Å². The average molecular weight is 268 g/mol. The molecule has 1 atom stereocenters. The van der Waals surface area contributed by atoms with E-state index in [1.54, 1.807) is 0 Å². The monoisotopic (exact) mass is 268 g/mol. The molecule has 17 heavy (non-hydrogen) atoms. The van der Waals surface area contributed by atoms with Crippen molar-refractivity contribution in [2.45, 2.75) is 23.8 Å². The van der Waals surface area contributed by atoms with Gasteiger partial charge >= 0.3 is 0 Å². The first-order valence-corrected chi connectivity index (χ1v) is 7.36. The van der Waals surface area contributed by atoms with Gasteiger partial charge < -0.3 is 10.2 Å². The van der Waals surface area contributed by atoms with Crippen LogP contribution in [-0.4, -0.2) is 36.5 Å². The number of thiol groups is 1. The lowest BCUT2D eigenvalue weighted by atomic mass is 9.84. The minimum absolute atomic E-state index is 0.0639. The number of nitrogens with zero attached hydrogens (tertiary/aromatic N) is 1. The van der Waals surface area contributed by atoms with E-state index in [0.29, 0.717) is 12.0 Å². The molecule has 5 heteroatoms. The second kappa shape index (κ2) is 4.63. The Balaban J connectivity index is 1.65. The summed E-state index contributed by atoms with van der Waals surface area (Å²) in [6, 6.07) is 2.18. The Hall–Kier alpha value is -0.520. The van der Waals surface area contributed by atoms with E-state index < -0.39 is 0 Å². The van der Waals surface area contributed by atoms with E-state index in [0.717, 1.165) is 16.3 Å². The van der Waals surface area contributed by atoms with E-state index in [1.165, 1.54) is 37.3 Å². The highest BCUT2D eigenvalue weighted by Gasteiger charge is 2.34. The first kappa shape index (κ1) is 11.6. The topological polar surface area (TPSA) is 32.3 Å². The summed E-state index contributed by atoms with van der Waals surface area (Å²) in [5, 5.41) is 5.07. The van der Waals surface area contributed by atoms with Gasteiger partial charge in [0.15, 0.2) is 0 Å². The summed E-state index contributed by atoms with van der Waals surface area (Å²) in [6.07, 6.45) is 2.46. The molecule has 0 radical (unpaired) electrons. The Morgan fingerprint density at radius 3 is 2.76 bits per heavy atom. The highest BCUT2D eigenvalue weighted by atomic mass is 32.1. The third-order valence-electron chi connectivity index (χ3n) is 3.78. The number of amides is 1. The average Bonchev–Trinajstić information content (AvgIpc) is 2.77. The van der Waals surface area contributed by atoms with Gasteiger partial charge in [-0.1, -0.05) is 0 Å². The van der Waals surface area contributed by atoms with E-state index in [2.05, 4.69) is 22.8 Å². The van der Waals surface area contributed by atoms with Crippen molar-refractivity contribution in [2.75, 3.05) is 19.6 Å². The lowest BCUT2D eigenvalue weighted by Gasteiger charge is -2.44. The van der Waals surface area contributed by atoms with Crippen molar-refractivity contribution in [3.05, 3.63) is 16.3 Å². The standard InChI is InChI=1S/C12H16N2OS2/c15-12(11-5-9(16)7-17-11)13-10-6-14-3-1-8(10)2-4-14/h5,7-8,10,16H,1-4,6H2,(H,13,15). The fraction of sp³-hybridized carbons (Fsp3) is 0.583. The zero-order valence-corrected chi connectivity index (χ0v) is 11.3. The van der Waals surface area contributed by atoms with Crippen LogP contribution in [0.15, 0.2) is 16.3 Å². The Morgan fingerprint density at radius 2 is 2.24 bits per heavy atom. The molecule has 0 aromatic carbocycles. The first-order chi connectivity index (χ1) is 8.22. The maximum Gasteiger partial charge on any atom is 0.261 e. The molecule has 2 bridgehead atoms. The van der Waals surface area contributed by atoms with Gasteiger partial charge in [0.05, 0.1) is 4.88 Å². The lowest BCUT2D eigenvalue weighted by molar-refractivity contribution is 0.0622. The molecule has 3 nitrogen and oxygen atoms in total. The van der Waals surface area contributed by atoms with Crippen molar-refractivity contribution in [1.29, 1.82) is 0 Å². The van der Waals surface area contributed by atoms with Gasteiger partial charge in [0.1, 0.15) is 0 Å². The van der Waals surface area contributed by atoms with Gasteiger partial charge in [0, 0.05) is 22.9 Å². The van der Waals surface area contributed by atoms with E-state index >= 15 is 0 Å². The molecule has 1 aromatic rings. The summed E-state index contributed by atoms with van der Waals surface area (Å²) in [5.41, 5.74) is 0. The molecule has 3 aliphatic heterocycles. The summed E-state index contributed by atoms with van der Waals surface area (Å²) in [4.78, 5) is 16.1. The zero-order valence-electron chi connectivity index (χ0n) is 9.56. The van der Waals surface area contributed by atoms with Crippen LogP contribution in [0.2, 0.25) is 0 Å². The summed E-state index contributed by atoms with van der Waals surface area (Å²) in [7, 11) is 0. The molecule has 1 aromatic heterocycles. The van der Waals surface area contributed by atoms with Crippen LogP contribution in [0.1, 0.15) is 22.5 Å². The summed E-state index contributed by atoms with van der Waals surface area (Å²) in [6.45, 7) is 3.43. The van der Waals surface area contributed by atoms with Crippen LogP contribution >= 0.6 is 24.0 Å². The van der Waals surface area contributed by atoms with Crippen LogP contribution in [0.4, 0.5) is 0 Å². The number of carbonyl (C=O) groups is 1. The van der Waals surface area contributed by atoms with E-state index in [1.807, 2.05) is 11.4 Å². The number of fused-ring (bicyclic) bond motifs is 3. The van der Waals surface area contributed by atoms with Crippen molar-refractivity contribution in [3.8, 4) is 0 Å². The van der Waals surface area contributed by atoms with Gasteiger partial charge in [-0.3, -0.25) is 4.79 Å². The Morgan fingerprint density at radius 1 is 1.47 bits per heavy atom. The minimum Gasteiger partial charge on any atom is -0.347 e. The molecular weight excluding hydrogens is 252 g/mol. The van der Waals surface area contributed by atoms with Crippen LogP contribution in [0.25, 0.3) is 0 Å². The predicted octanol–water partition coefficient (Wildman–Crippen LogP) is 1.86. The molecular formula is C12H16N2OS2. The number of thiophene rings is 1. The summed E-state index contributed by atoms with van der Waals surface area (Å²) in [5.74, 6) is 0.744. The van der Waals surface area contributed by atoms with Crippen LogP contribution < -0.4 is 5.32 Å². The Labute approximate surface area is 111 Å². The zero-order chi connectivity index (χ0) is 11.8. The molecule has 1 unspecified atom stereocenters. The quantitative estimate of drug-likeness (QED) is 0.803. The Bertz CT molecular complexity index is 424. The fourth-order valence-corrected chi connectivity index (χ4v) is 3.86. The van der Waals surface area contributed by atoms with Crippen molar-refractivity contribution in [1.82, 2.24) is 10.2 Å². The van der Waals surface area contributed by atoms with Gasteiger partial charge in [-0.15, -0.1) is 24.0 Å². The second-order valence-electron chi connectivity index (χ2n) is 4.89. The largest absolute Gasteiger partial charge is 0.347 e. The molecule has 92 valence electrons. The SMILES string of the molecule is O=C(NC1CN2CCC1CC2)c1cc(S)cs1. The highest BCUT2D eigenvalue weighted by molar-refractivity contribution is 7.80. The number of carbonyl (C=O) groups excluding carboxylic acids is 1. The second-order valence-corrected chi connectivity index (χ2v) is 6.31. The molecule has 0 aliphatic carbocycles. The molecule has 3 saturated heterocycles. The van der Waals surface area contributed by atoms with Crippen molar-refractivity contribution < 1.29 is 4.79 Å². The van der Waals surface area contributed by atoms with Crippen LogP contribution in [0, 0.1) is 5.92 Å². The van der Waals surface area contributed by atoms with Crippen LogP contribution in [-0.2, 0) is 0 Å². The molecule has 1 amide bonds. The summed E-state index contributed by atoms with van der Waals surface area (Å²) < 4.78 is 0. The molecule has 0 spiro atoms. The predicted molar refractivity (Wildman–Crippen MR) is 72.0 cm³/mol.